The smallest absolute Gasteiger partial charge is 0.350 e. The number of unbranched alkanes of at least 4 members (excludes halogenated alkanes) is 9. The molecule has 0 aliphatic carbocycles. The zero-order chi connectivity index (χ0) is 31.6. The molecule has 0 aromatic carbocycles. The van der Waals surface area contributed by atoms with E-state index in [4.69, 9.17) is 9.78 Å². The van der Waals surface area contributed by atoms with E-state index in [-0.39, 0.29) is 49.0 Å². The van der Waals surface area contributed by atoms with Crippen molar-refractivity contribution in [3.8, 4) is 0 Å². The molecule has 2 amide bonds. The van der Waals surface area contributed by atoms with Crippen molar-refractivity contribution in [2.24, 2.45) is 0 Å². The molecule has 11 heteroatoms. The molecule has 0 radical (unpaired) electrons. The molecule has 0 aliphatic heterocycles. The second-order valence-corrected chi connectivity index (χ2v) is 11.1. The highest BCUT2D eigenvalue weighted by atomic mass is 17.2. The van der Waals surface area contributed by atoms with Crippen LogP contribution >= 0.6 is 0 Å². The van der Waals surface area contributed by atoms with Crippen molar-refractivity contribution in [3.05, 3.63) is 24.3 Å². The summed E-state index contributed by atoms with van der Waals surface area (Å²) in [6, 6.07) is 0. The zero-order valence-corrected chi connectivity index (χ0v) is 26.6. The van der Waals surface area contributed by atoms with Crippen molar-refractivity contribution >= 4 is 23.8 Å². The number of nitrogens with one attached hydrogen (secondary N) is 2. The van der Waals surface area contributed by atoms with E-state index in [0.717, 1.165) is 19.4 Å². The Hall–Kier alpha value is -2.76. The topological polar surface area (TPSA) is 129 Å². The van der Waals surface area contributed by atoms with Crippen LogP contribution in [0, 0.1) is 0 Å². The lowest BCUT2D eigenvalue weighted by Gasteiger charge is -2.35. The molecule has 242 valence electrons. The maximum atomic E-state index is 12.2. The summed E-state index contributed by atoms with van der Waals surface area (Å²) in [4.78, 5) is 65.7. The van der Waals surface area contributed by atoms with Crippen molar-refractivity contribution < 1.29 is 43.2 Å². The summed E-state index contributed by atoms with van der Waals surface area (Å²) in [6.07, 6.45) is 12.7. The van der Waals surface area contributed by atoms with Gasteiger partial charge in [-0.3, -0.25) is 19.4 Å². The maximum Gasteiger partial charge on any atom is 0.368 e. The quantitative estimate of drug-likeness (QED) is 0.0466. The predicted octanol–water partition coefficient (Wildman–Crippen LogP) is 4.47. The Morgan fingerprint density at radius 2 is 1.00 bits per heavy atom. The van der Waals surface area contributed by atoms with E-state index in [2.05, 4.69) is 47.5 Å². The molecule has 0 saturated heterocycles. The molecule has 2 N–H and O–H groups in total. The van der Waals surface area contributed by atoms with Gasteiger partial charge in [0.15, 0.2) is 0 Å². The van der Waals surface area contributed by atoms with Gasteiger partial charge in [-0.15, -0.1) is 0 Å². The van der Waals surface area contributed by atoms with Crippen LogP contribution in [-0.4, -0.2) is 81.2 Å². The Bertz CT molecular complexity index is 779. The lowest BCUT2D eigenvalue weighted by atomic mass is 10.1. The first kappa shape index (κ1) is 39.2. The van der Waals surface area contributed by atoms with E-state index < -0.39 is 11.9 Å². The summed E-state index contributed by atoms with van der Waals surface area (Å²) in [5.41, 5.74) is 0.431. The van der Waals surface area contributed by atoms with Gasteiger partial charge in [0.05, 0.1) is 52.6 Å². The van der Waals surface area contributed by atoms with Crippen LogP contribution in [-0.2, 0) is 38.7 Å². The molecule has 0 heterocycles. The average Bonchev–Trinajstić information content (AvgIpc) is 2.94. The molecule has 0 fully saturated rings. The Kier molecular flexibility index (Phi) is 23.2. The van der Waals surface area contributed by atoms with Crippen LogP contribution in [0.3, 0.4) is 0 Å². The Balaban J connectivity index is 4.50. The Morgan fingerprint density at radius 3 is 1.38 bits per heavy atom. The van der Waals surface area contributed by atoms with Crippen LogP contribution in [0.2, 0.25) is 0 Å². The largest absolute Gasteiger partial charge is 0.368 e. The lowest BCUT2D eigenvalue weighted by Crippen LogP contribution is -2.52. The van der Waals surface area contributed by atoms with Crippen LogP contribution in [0.5, 0.6) is 0 Å². The minimum Gasteiger partial charge on any atom is -0.350 e. The molecule has 42 heavy (non-hydrogen) atoms. The molecular formula is C31H56N3O8+. The number of carbonyl (C=O) groups excluding carboxylic acids is 4. The number of quaternary nitrogens is 1. The van der Waals surface area contributed by atoms with Crippen LogP contribution in [0.15, 0.2) is 24.3 Å². The van der Waals surface area contributed by atoms with Gasteiger partial charge < -0.3 is 15.1 Å². The molecule has 0 aromatic heterocycles. The van der Waals surface area contributed by atoms with Gasteiger partial charge in [0, 0.05) is 11.1 Å². The number of amides is 2. The second-order valence-electron chi connectivity index (χ2n) is 11.1. The zero-order valence-electron chi connectivity index (χ0n) is 26.6. The van der Waals surface area contributed by atoms with Crippen LogP contribution < -0.4 is 10.6 Å². The SMILES string of the molecule is C=C(C)C(=O)OOCCC(=O)NCC[N+](C)(CCCCCCCCCCCC)CCNC(=O)CCOOC(=O)C(=C)C. The third kappa shape index (κ3) is 22.9. The van der Waals surface area contributed by atoms with Crippen molar-refractivity contribution in [3.63, 3.8) is 0 Å². The lowest BCUT2D eigenvalue weighted by molar-refractivity contribution is -0.907. The van der Waals surface area contributed by atoms with E-state index in [9.17, 15) is 19.2 Å². The van der Waals surface area contributed by atoms with Crippen molar-refractivity contribution in [2.45, 2.75) is 97.8 Å². The maximum absolute atomic E-state index is 12.2. The first-order valence-electron chi connectivity index (χ1n) is 15.4. The first-order valence-corrected chi connectivity index (χ1v) is 15.4. The van der Waals surface area contributed by atoms with Gasteiger partial charge in [0.1, 0.15) is 13.2 Å². The molecule has 0 aliphatic rings. The van der Waals surface area contributed by atoms with Gasteiger partial charge in [-0.25, -0.2) is 9.59 Å². The molecule has 11 nitrogen and oxygen atoms in total. The Labute approximate surface area is 252 Å². The number of hydrogen-bond acceptors (Lipinski definition) is 8. The number of carbonyl (C=O) groups is 4. The highest BCUT2D eigenvalue weighted by Crippen LogP contribution is 2.12. The Morgan fingerprint density at radius 1 is 0.619 bits per heavy atom. The first-order chi connectivity index (χ1) is 20.0. The number of likely N-dealkylation sites (N-methyl/N-ethyl adjacent to an activating group) is 1. The molecule has 0 rings (SSSR count). The summed E-state index contributed by atoms with van der Waals surface area (Å²) in [6.45, 7) is 15.3. The predicted molar refractivity (Wildman–Crippen MR) is 162 cm³/mol. The molecule has 0 atom stereocenters. The van der Waals surface area contributed by atoms with Gasteiger partial charge in [-0.05, 0) is 26.7 Å². The monoisotopic (exact) mass is 598 g/mol. The fraction of sp³-hybridized carbons (Fsp3) is 0.742. The average molecular weight is 599 g/mol. The normalized spacial score (nSPS) is 11.0. The van der Waals surface area contributed by atoms with Crippen molar-refractivity contribution in [1.82, 2.24) is 10.6 Å². The number of hydrogen-bond donors (Lipinski definition) is 2. The third-order valence-electron chi connectivity index (χ3n) is 6.79. The minimum atomic E-state index is -0.665. The number of nitrogens with zero attached hydrogens (tertiary/aromatic N) is 1. The second kappa shape index (κ2) is 24.8. The third-order valence-corrected chi connectivity index (χ3v) is 6.79. The van der Waals surface area contributed by atoms with E-state index in [1.165, 1.54) is 65.2 Å². The van der Waals surface area contributed by atoms with Crippen molar-refractivity contribution in [1.29, 1.82) is 0 Å². The highest BCUT2D eigenvalue weighted by molar-refractivity contribution is 5.86. The van der Waals surface area contributed by atoms with Gasteiger partial charge in [-0.2, -0.15) is 9.78 Å². The summed E-state index contributed by atoms with van der Waals surface area (Å²) in [7, 11) is 2.13. The number of rotatable bonds is 27. The summed E-state index contributed by atoms with van der Waals surface area (Å²) < 4.78 is 0.691. The highest BCUT2D eigenvalue weighted by Gasteiger charge is 2.21. The summed E-state index contributed by atoms with van der Waals surface area (Å²) >= 11 is 0. The van der Waals surface area contributed by atoms with Crippen LogP contribution in [0.4, 0.5) is 0 Å². The van der Waals surface area contributed by atoms with Gasteiger partial charge in [0.2, 0.25) is 11.8 Å². The minimum absolute atomic E-state index is 0.0439. The fourth-order valence-electron chi connectivity index (χ4n) is 4.02. The molecule has 0 unspecified atom stereocenters. The van der Waals surface area contributed by atoms with Crippen LogP contribution in [0.1, 0.15) is 97.8 Å². The van der Waals surface area contributed by atoms with Crippen LogP contribution in [0.25, 0.3) is 0 Å². The van der Waals surface area contributed by atoms with E-state index in [0.29, 0.717) is 30.7 Å². The molecular weight excluding hydrogens is 542 g/mol. The molecule has 0 aromatic rings. The summed E-state index contributed by atoms with van der Waals surface area (Å²) in [5.74, 6) is -1.73. The van der Waals surface area contributed by atoms with E-state index in [1.807, 2.05) is 0 Å². The summed E-state index contributed by atoms with van der Waals surface area (Å²) in [5, 5.41) is 5.79. The standard InChI is InChI=1S/C31H55N3O8/c1-7-8-9-10-11-12-13-14-15-16-21-34(6,22-19-32-28(35)17-24-39-41-30(37)26(2)3)23-20-33-29(36)18-25-40-42-31(38)27(4)5/h2,4,7-25H2,1,3,5-6H3,(H-,32,33,35,36)/p+1. The van der Waals surface area contributed by atoms with Gasteiger partial charge in [-0.1, -0.05) is 71.4 Å². The fourth-order valence-corrected chi connectivity index (χ4v) is 4.02. The van der Waals surface area contributed by atoms with Crippen molar-refractivity contribution in [2.75, 3.05) is 53.0 Å². The molecule has 0 saturated carbocycles. The van der Waals surface area contributed by atoms with Gasteiger partial charge in [0.25, 0.3) is 0 Å². The molecule has 0 spiro atoms. The molecule has 0 bridgehead atoms. The van der Waals surface area contributed by atoms with Gasteiger partial charge >= 0.3 is 11.9 Å². The van der Waals surface area contributed by atoms with E-state index in [1.54, 1.807) is 0 Å². The van der Waals surface area contributed by atoms with E-state index >= 15 is 0 Å².